The van der Waals surface area contributed by atoms with Crippen molar-refractivity contribution < 1.29 is 22.3 Å². The van der Waals surface area contributed by atoms with E-state index in [-0.39, 0.29) is 29.8 Å². The van der Waals surface area contributed by atoms with Crippen molar-refractivity contribution in [3.8, 4) is 28.8 Å². The number of aromatic nitrogens is 7. The van der Waals surface area contributed by atoms with E-state index in [0.717, 1.165) is 12.4 Å². The summed E-state index contributed by atoms with van der Waals surface area (Å²) in [5, 5.41) is 7.20. The van der Waals surface area contributed by atoms with Gasteiger partial charge in [-0.05, 0) is 25.1 Å². The number of nitrogens with one attached hydrogen (secondary N) is 1. The molecule has 0 unspecified atom stereocenters. The molecular weight excluding hydrogens is 479 g/mol. The Labute approximate surface area is 200 Å². The van der Waals surface area contributed by atoms with Crippen molar-refractivity contribution in [1.29, 1.82) is 0 Å². The quantitative estimate of drug-likeness (QED) is 0.362. The van der Waals surface area contributed by atoms with E-state index in [1.807, 2.05) is 0 Å². The first-order valence-corrected chi connectivity index (χ1v) is 11.8. The van der Waals surface area contributed by atoms with Crippen LogP contribution in [-0.4, -0.2) is 62.6 Å². The van der Waals surface area contributed by atoms with Crippen LogP contribution in [0.15, 0.2) is 49.1 Å². The van der Waals surface area contributed by atoms with Gasteiger partial charge in [0.25, 0.3) is 0 Å². The maximum Gasteiger partial charge on any atom is 0.243 e. The fourth-order valence-electron chi connectivity index (χ4n) is 3.21. The Bertz CT molecular complexity index is 1390. The summed E-state index contributed by atoms with van der Waals surface area (Å²) in [5.74, 6) is 0.519. The number of hydrogen-bond acceptors (Lipinski definition) is 10. The summed E-state index contributed by atoms with van der Waals surface area (Å²) in [6, 6.07) is 6.72. The molecular formula is C21H21FN8O4S. The van der Waals surface area contributed by atoms with Gasteiger partial charge in [-0.1, -0.05) is 6.07 Å². The minimum Gasteiger partial charge on any atom is -0.494 e. The molecule has 4 aromatic rings. The molecule has 1 N–H and O–H groups in total. The third-order valence-electron chi connectivity index (χ3n) is 4.96. The second-order valence-electron chi connectivity index (χ2n) is 7.25. The molecule has 0 saturated carbocycles. The van der Waals surface area contributed by atoms with Crippen molar-refractivity contribution in [2.75, 3.05) is 18.9 Å². The van der Waals surface area contributed by atoms with E-state index in [4.69, 9.17) is 9.47 Å². The minimum atomic E-state index is -4.03. The van der Waals surface area contributed by atoms with E-state index >= 15 is 0 Å². The monoisotopic (exact) mass is 500 g/mol. The molecule has 0 bridgehead atoms. The van der Waals surface area contributed by atoms with Gasteiger partial charge in [0.2, 0.25) is 21.8 Å². The largest absolute Gasteiger partial charge is 0.494 e. The number of hydrogen-bond donors (Lipinski definition) is 1. The molecule has 12 nitrogen and oxygen atoms in total. The van der Waals surface area contributed by atoms with Crippen molar-refractivity contribution in [3.05, 3.63) is 60.7 Å². The first-order chi connectivity index (χ1) is 16.8. The Morgan fingerprint density at radius 2 is 1.63 bits per heavy atom. The minimum absolute atomic E-state index is 0.0591. The summed E-state index contributed by atoms with van der Waals surface area (Å²) in [7, 11) is -1.09. The SMILES string of the molecule is COc1cccc(OC)c1-n1c(NS(=O)(=O)[C@@H](C)Cc2ncc(F)cn2)nnc1-c1ncccn1. The van der Waals surface area contributed by atoms with Gasteiger partial charge in [-0.25, -0.2) is 32.7 Å². The number of para-hydroxylation sites is 1. The van der Waals surface area contributed by atoms with Gasteiger partial charge in [0.1, 0.15) is 23.0 Å². The van der Waals surface area contributed by atoms with Crippen LogP contribution in [0.4, 0.5) is 10.3 Å². The Balaban J connectivity index is 1.79. The van der Waals surface area contributed by atoms with Gasteiger partial charge in [-0.3, -0.25) is 9.29 Å². The average Bonchev–Trinajstić information content (AvgIpc) is 3.27. The fourth-order valence-corrected chi connectivity index (χ4v) is 4.17. The third-order valence-corrected chi connectivity index (χ3v) is 6.65. The number of ether oxygens (including phenoxy) is 2. The van der Waals surface area contributed by atoms with Gasteiger partial charge < -0.3 is 9.47 Å². The lowest BCUT2D eigenvalue weighted by molar-refractivity contribution is 0.391. The Morgan fingerprint density at radius 1 is 1.00 bits per heavy atom. The number of halogens is 1. The van der Waals surface area contributed by atoms with Gasteiger partial charge >= 0.3 is 0 Å². The highest BCUT2D eigenvalue weighted by Crippen LogP contribution is 2.37. The van der Waals surface area contributed by atoms with Gasteiger partial charge in [-0.2, -0.15) is 0 Å². The first-order valence-electron chi connectivity index (χ1n) is 10.3. The Hall–Kier alpha value is -4.20. The third kappa shape index (κ3) is 5.01. The van der Waals surface area contributed by atoms with Crippen LogP contribution < -0.4 is 14.2 Å². The maximum absolute atomic E-state index is 13.2. The molecule has 1 aromatic carbocycles. The van der Waals surface area contributed by atoms with Crippen molar-refractivity contribution in [1.82, 2.24) is 34.7 Å². The summed E-state index contributed by atoms with van der Waals surface area (Å²) >= 11 is 0. The zero-order valence-corrected chi connectivity index (χ0v) is 19.8. The van der Waals surface area contributed by atoms with Gasteiger partial charge in [0.15, 0.2) is 11.6 Å². The van der Waals surface area contributed by atoms with Crippen LogP contribution in [0.25, 0.3) is 17.3 Å². The van der Waals surface area contributed by atoms with Gasteiger partial charge in [0.05, 0.1) is 31.9 Å². The summed E-state index contributed by atoms with van der Waals surface area (Å²) in [6.45, 7) is 1.47. The highest BCUT2D eigenvalue weighted by Gasteiger charge is 2.29. The molecule has 3 aromatic heterocycles. The molecule has 0 amide bonds. The van der Waals surface area contributed by atoms with Crippen LogP contribution >= 0.6 is 0 Å². The number of sulfonamides is 1. The fraction of sp³-hybridized carbons (Fsp3) is 0.238. The molecule has 0 spiro atoms. The molecule has 1 atom stereocenters. The summed E-state index contributed by atoms with van der Waals surface area (Å²) < 4.78 is 54.4. The van der Waals surface area contributed by atoms with E-state index < -0.39 is 21.1 Å². The van der Waals surface area contributed by atoms with Crippen LogP contribution in [-0.2, 0) is 16.4 Å². The second kappa shape index (κ2) is 9.97. The first kappa shape index (κ1) is 23.9. The van der Waals surface area contributed by atoms with E-state index in [1.54, 1.807) is 24.3 Å². The lowest BCUT2D eigenvalue weighted by Gasteiger charge is -2.18. The molecule has 3 heterocycles. The summed E-state index contributed by atoms with van der Waals surface area (Å²) in [4.78, 5) is 16.1. The van der Waals surface area contributed by atoms with E-state index in [1.165, 1.54) is 38.1 Å². The molecule has 0 fully saturated rings. The zero-order valence-electron chi connectivity index (χ0n) is 19.0. The topological polar surface area (TPSA) is 147 Å². The van der Waals surface area contributed by atoms with E-state index in [2.05, 4.69) is 34.9 Å². The second-order valence-corrected chi connectivity index (χ2v) is 9.34. The molecule has 0 saturated heterocycles. The lowest BCUT2D eigenvalue weighted by atomic mass is 10.2. The van der Waals surface area contributed by atoms with Gasteiger partial charge in [0, 0.05) is 18.8 Å². The molecule has 182 valence electrons. The standard InChI is InChI=1S/C21H21FN8O4S/c1-13(10-17-25-11-14(22)12-26-17)35(31,32)29-21-28-27-20(19-23-8-5-9-24-19)30(21)18-15(33-2)6-4-7-16(18)34-3/h4-9,11-13H,10H2,1-3H3,(H,28,29)/t13-/m0/s1. The highest BCUT2D eigenvalue weighted by atomic mass is 32.2. The number of methoxy groups -OCH3 is 2. The summed E-state index contributed by atoms with van der Waals surface area (Å²) in [5.41, 5.74) is 0.345. The average molecular weight is 501 g/mol. The number of benzene rings is 1. The normalized spacial score (nSPS) is 12.2. The predicted octanol–water partition coefficient (Wildman–Crippen LogP) is 2.04. The zero-order chi connectivity index (χ0) is 25.0. The molecule has 14 heteroatoms. The maximum atomic E-state index is 13.2. The Kier molecular flexibility index (Phi) is 6.82. The number of nitrogens with zero attached hydrogens (tertiary/aromatic N) is 7. The molecule has 0 radical (unpaired) electrons. The van der Waals surface area contributed by atoms with Crippen molar-refractivity contribution in [3.63, 3.8) is 0 Å². The van der Waals surface area contributed by atoms with Gasteiger partial charge in [-0.15, -0.1) is 10.2 Å². The van der Waals surface area contributed by atoms with Crippen molar-refractivity contribution in [2.24, 2.45) is 0 Å². The van der Waals surface area contributed by atoms with Crippen LogP contribution in [0.2, 0.25) is 0 Å². The van der Waals surface area contributed by atoms with Crippen LogP contribution in [0.5, 0.6) is 11.5 Å². The molecule has 0 aliphatic heterocycles. The van der Waals surface area contributed by atoms with E-state index in [9.17, 15) is 12.8 Å². The predicted molar refractivity (Wildman–Crippen MR) is 123 cm³/mol. The highest BCUT2D eigenvalue weighted by molar-refractivity contribution is 7.93. The van der Waals surface area contributed by atoms with Crippen LogP contribution in [0.3, 0.4) is 0 Å². The number of rotatable bonds is 9. The van der Waals surface area contributed by atoms with Crippen molar-refractivity contribution in [2.45, 2.75) is 18.6 Å². The molecule has 35 heavy (non-hydrogen) atoms. The van der Waals surface area contributed by atoms with Crippen molar-refractivity contribution >= 4 is 16.0 Å². The van der Waals surface area contributed by atoms with Crippen LogP contribution in [0.1, 0.15) is 12.7 Å². The van der Waals surface area contributed by atoms with Crippen LogP contribution in [0, 0.1) is 5.82 Å². The Morgan fingerprint density at radius 3 is 2.23 bits per heavy atom. The molecule has 0 aliphatic rings. The number of anilines is 1. The molecule has 0 aliphatic carbocycles. The molecule has 4 rings (SSSR count). The smallest absolute Gasteiger partial charge is 0.243 e. The lowest BCUT2D eigenvalue weighted by Crippen LogP contribution is -2.29. The summed E-state index contributed by atoms with van der Waals surface area (Å²) in [6.07, 6.45) is 4.94. The van der Waals surface area contributed by atoms with E-state index in [0.29, 0.717) is 17.2 Å².